The lowest BCUT2D eigenvalue weighted by Crippen LogP contribution is -2.13. The second-order valence-electron chi connectivity index (χ2n) is 4.61. The molecule has 0 spiro atoms. The zero-order valence-electron chi connectivity index (χ0n) is 12.6. The minimum Gasteiger partial charge on any atom is -0.330 e. The van der Waals surface area contributed by atoms with Crippen LogP contribution in [0.4, 0.5) is 5.69 Å². The van der Waals surface area contributed by atoms with Crippen LogP contribution in [-0.4, -0.2) is 17.4 Å². The molecule has 0 aliphatic heterocycles. The van der Waals surface area contributed by atoms with Gasteiger partial charge < -0.3 is 11.1 Å². The predicted octanol–water partition coefficient (Wildman–Crippen LogP) is 3.89. The normalized spacial score (nSPS) is 9.43. The monoisotopic (exact) mass is 373 g/mol. The van der Waals surface area contributed by atoms with Crippen molar-refractivity contribution in [2.24, 2.45) is 5.73 Å². The number of nitrogens with zero attached hydrogens (tertiary/aromatic N) is 1. The average Bonchev–Trinajstić information content (AvgIpc) is 2.53. The van der Waals surface area contributed by atoms with Crippen molar-refractivity contribution in [2.75, 3.05) is 11.9 Å². The number of anilines is 1. The van der Waals surface area contributed by atoms with Crippen LogP contribution in [0.3, 0.4) is 0 Å². The van der Waals surface area contributed by atoms with Gasteiger partial charge in [0.2, 0.25) is 5.91 Å². The smallest absolute Gasteiger partial charge is 0.224 e. The molecule has 23 heavy (non-hydrogen) atoms. The van der Waals surface area contributed by atoms with E-state index in [9.17, 15) is 4.79 Å². The van der Waals surface area contributed by atoms with E-state index in [1.54, 1.807) is 18.0 Å². The fourth-order valence-electron chi connectivity index (χ4n) is 1.77. The van der Waals surface area contributed by atoms with Crippen molar-refractivity contribution >= 4 is 48.2 Å². The fourth-order valence-corrected chi connectivity index (χ4v) is 2.60. The van der Waals surface area contributed by atoms with E-state index >= 15 is 0 Å². The van der Waals surface area contributed by atoms with Gasteiger partial charge >= 0.3 is 0 Å². The first-order valence-corrected chi connectivity index (χ1v) is 7.88. The number of hydrogen-bond acceptors (Lipinski definition) is 4. The first kappa shape index (κ1) is 21.7. The van der Waals surface area contributed by atoms with Crippen LogP contribution in [0.5, 0.6) is 0 Å². The Morgan fingerprint density at radius 1 is 1.17 bits per heavy atom. The molecule has 0 radical (unpaired) electrons. The predicted molar refractivity (Wildman–Crippen MR) is 102 cm³/mol. The number of carbonyl (C=O) groups excluding carboxylic acids is 1. The van der Waals surface area contributed by atoms with Gasteiger partial charge in [0.15, 0.2) is 0 Å². The van der Waals surface area contributed by atoms with Crippen molar-refractivity contribution in [1.82, 2.24) is 4.98 Å². The van der Waals surface area contributed by atoms with E-state index in [-0.39, 0.29) is 30.7 Å². The molecule has 126 valence electrons. The summed E-state index contributed by atoms with van der Waals surface area (Å²) in [6, 6.07) is 11.9. The highest BCUT2D eigenvalue weighted by molar-refractivity contribution is 7.98. The lowest BCUT2D eigenvalue weighted by Gasteiger charge is -2.06. The Kier molecular flexibility index (Phi) is 11.5. The highest BCUT2D eigenvalue weighted by atomic mass is 35.5. The first-order valence-electron chi connectivity index (χ1n) is 6.89. The Balaban J connectivity index is 0.00000242. The highest BCUT2D eigenvalue weighted by Crippen LogP contribution is 2.23. The Bertz CT molecular complexity index is 567. The van der Waals surface area contributed by atoms with Crippen LogP contribution in [0, 0.1) is 0 Å². The first-order chi connectivity index (χ1) is 10.3. The SMILES string of the molecule is Cl.Cl.NCCCC(=O)Nc1ccc(SCc2cccnc2)cc1. The molecule has 1 aromatic heterocycles. The molecule has 0 atom stereocenters. The molecule has 1 heterocycles. The summed E-state index contributed by atoms with van der Waals surface area (Å²) in [5, 5.41) is 2.86. The van der Waals surface area contributed by atoms with E-state index in [4.69, 9.17) is 5.73 Å². The molecule has 0 bridgehead atoms. The van der Waals surface area contributed by atoms with Gasteiger partial charge in [-0.1, -0.05) is 6.07 Å². The van der Waals surface area contributed by atoms with Gasteiger partial charge in [0.1, 0.15) is 0 Å². The molecule has 1 amide bonds. The number of nitrogens with one attached hydrogen (secondary N) is 1. The third-order valence-corrected chi connectivity index (χ3v) is 3.96. The number of amides is 1. The number of benzene rings is 1. The molecule has 0 saturated heterocycles. The number of carbonyl (C=O) groups is 1. The number of aromatic nitrogens is 1. The van der Waals surface area contributed by atoms with Crippen molar-refractivity contribution in [2.45, 2.75) is 23.5 Å². The van der Waals surface area contributed by atoms with Crippen molar-refractivity contribution < 1.29 is 4.79 Å². The summed E-state index contributed by atoms with van der Waals surface area (Å²) in [4.78, 5) is 16.9. The fraction of sp³-hybridized carbons (Fsp3) is 0.250. The molecular weight excluding hydrogens is 353 g/mol. The van der Waals surface area contributed by atoms with Crippen LogP contribution in [0.1, 0.15) is 18.4 Å². The summed E-state index contributed by atoms with van der Waals surface area (Å²) in [5.74, 6) is 0.895. The number of pyridine rings is 1. The summed E-state index contributed by atoms with van der Waals surface area (Å²) in [6.45, 7) is 0.539. The molecule has 4 nitrogen and oxygen atoms in total. The van der Waals surface area contributed by atoms with Crippen molar-refractivity contribution in [1.29, 1.82) is 0 Å². The summed E-state index contributed by atoms with van der Waals surface area (Å²) < 4.78 is 0. The van der Waals surface area contributed by atoms with E-state index in [2.05, 4.69) is 16.4 Å². The molecule has 0 aliphatic rings. The summed E-state index contributed by atoms with van der Waals surface area (Å²) in [7, 11) is 0. The number of thioether (sulfide) groups is 1. The molecule has 2 aromatic rings. The van der Waals surface area contributed by atoms with Crippen molar-refractivity contribution in [3.8, 4) is 0 Å². The van der Waals surface area contributed by atoms with Gasteiger partial charge in [-0.15, -0.1) is 36.6 Å². The molecule has 1 aromatic carbocycles. The Hall–Kier alpha value is -1.27. The van der Waals surface area contributed by atoms with Crippen molar-refractivity contribution in [3.05, 3.63) is 54.4 Å². The molecule has 0 fully saturated rings. The van der Waals surface area contributed by atoms with E-state index in [0.29, 0.717) is 19.4 Å². The van der Waals surface area contributed by atoms with Gasteiger partial charge in [-0.3, -0.25) is 9.78 Å². The van der Waals surface area contributed by atoms with Gasteiger partial charge in [-0.05, 0) is 48.9 Å². The molecule has 7 heteroatoms. The molecular formula is C16H21Cl2N3OS. The lowest BCUT2D eigenvalue weighted by molar-refractivity contribution is -0.116. The quantitative estimate of drug-likeness (QED) is 0.722. The number of nitrogens with two attached hydrogens (primary N) is 1. The second-order valence-corrected chi connectivity index (χ2v) is 5.66. The second kappa shape index (κ2) is 12.2. The third-order valence-electron chi connectivity index (χ3n) is 2.87. The largest absolute Gasteiger partial charge is 0.330 e. The standard InChI is InChI=1S/C16H19N3OS.2ClH/c17-9-1-4-16(20)19-14-5-7-15(8-6-14)21-12-13-3-2-10-18-11-13;;/h2-3,5-8,10-11H,1,4,9,12,17H2,(H,19,20);2*1H. The molecule has 0 unspecified atom stereocenters. The van der Waals surface area contributed by atoms with Gasteiger partial charge in [-0.2, -0.15) is 0 Å². The lowest BCUT2D eigenvalue weighted by atomic mass is 10.2. The minimum atomic E-state index is 0. The summed E-state index contributed by atoms with van der Waals surface area (Å²) in [5.41, 5.74) is 7.40. The van der Waals surface area contributed by atoms with Crippen LogP contribution in [0.25, 0.3) is 0 Å². The van der Waals surface area contributed by atoms with Crippen LogP contribution >= 0.6 is 36.6 Å². The molecule has 2 rings (SSSR count). The summed E-state index contributed by atoms with van der Waals surface area (Å²) >= 11 is 1.75. The van der Waals surface area contributed by atoms with Crippen LogP contribution in [-0.2, 0) is 10.5 Å². The number of halogens is 2. The van der Waals surface area contributed by atoms with Gasteiger partial charge in [0, 0.05) is 35.2 Å². The van der Waals surface area contributed by atoms with E-state index < -0.39 is 0 Å². The Morgan fingerprint density at radius 3 is 2.52 bits per heavy atom. The zero-order chi connectivity index (χ0) is 14.9. The summed E-state index contributed by atoms with van der Waals surface area (Å²) in [6.07, 6.45) is 4.83. The molecule has 3 N–H and O–H groups in total. The Morgan fingerprint density at radius 2 is 1.91 bits per heavy atom. The number of hydrogen-bond donors (Lipinski definition) is 2. The van der Waals surface area contributed by atoms with Gasteiger partial charge in [0.05, 0.1) is 0 Å². The van der Waals surface area contributed by atoms with Gasteiger partial charge in [-0.25, -0.2) is 0 Å². The maximum absolute atomic E-state index is 11.6. The zero-order valence-corrected chi connectivity index (χ0v) is 15.1. The molecule has 0 saturated carbocycles. The maximum atomic E-state index is 11.6. The van der Waals surface area contributed by atoms with Crippen LogP contribution in [0.2, 0.25) is 0 Å². The van der Waals surface area contributed by atoms with Crippen molar-refractivity contribution in [3.63, 3.8) is 0 Å². The number of rotatable bonds is 7. The topological polar surface area (TPSA) is 68.0 Å². The van der Waals surface area contributed by atoms with E-state index in [1.807, 2.05) is 36.5 Å². The average molecular weight is 374 g/mol. The van der Waals surface area contributed by atoms with E-state index in [1.165, 1.54) is 10.5 Å². The van der Waals surface area contributed by atoms with E-state index in [0.717, 1.165) is 11.4 Å². The maximum Gasteiger partial charge on any atom is 0.224 e. The van der Waals surface area contributed by atoms with Crippen LogP contribution < -0.4 is 11.1 Å². The highest BCUT2D eigenvalue weighted by Gasteiger charge is 2.02. The minimum absolute atomic E-state index is 0. The Labute approximate surface area is 153 Å². The third kappa shape index (κ3) is 8.23. The van der Waals surface area contributed by atoms with Gasteiger partial charge in [0.25, 0.3) is 0 Å². The molecule has 0 aliphatic carbocycles. The van der Waals surface area contributed by atoms with Crippen LogP contribution in [0.15, 0.2) is 53.7 Å².